The van der Waals surface area contributed by atoms with Crippen LogP contribution in [0.1, 0.15) is 46.0 Å². The summed E-state index contributed by atoms with van der Waals surface area (Å²) in [7, 11) is 1.88. The van der Waals surface area contributed by atoms with Gasteiger partial charge in [-0.1, -0.05) is 13.8 Å². The van der Waals surface area contributed by atoms with E-state index in [0.717, 1.165) is 24.0 Å². The van der Waals surface area contributed by atoms with Gasteiger partial charge in [-0.3, -0.25) is 9.80 Å². The first-order chi connectivity index (χ1) is 9.19. The van der Waals surface area contributed by atoms with Crippen LogP contribution < -0.4 is 0 Å². The Balaban J connectivity index is 1.70. The molecule has 19 heavy (non-hydrogen) atoms. The predicted octanol–water partition coefficient (Wildman–Crippen LogP) is 2.36. The molecule has 4 atom stereocenters. The number of rotatable bonds is 3. The summed E-state index contributed by atoms with van der Waals surface area (Å²) in [5, 5.41) is 0. The average molecular weight is 266 g/mol. The van der Waals surface area contributed by atoms with E-state index in [4.69, 9.17) is 4.74 Å². The van der Waals surface area contributed by atoms with Crippen molar-refractivity contribution in [1.82, 2.24) is 9.80 Å². The molecule has 0 aromatic carbocycles. The molecule has 3 aliphatic rings. The zero-order valence-electron chi connectivity index (χ0n) is 12.8. The summed E-state index contributed by atoms with van der Waals surface area (Å²) in [5.74, 6) is 0.767. The van der Waals surface area contributed by atoms with Gasteiger partial charge in [0.25, 0.3) is 0 Å². The third-order valence-electron chi connectivity index (χ3n) is 5.70. The maximum atomic E-state index is 5.58. The van der Waals surface area contributed by atoms with Gasteiger partial charge in [-0.05, 0) is 44.6 Å². The van der Waals surface area contributed by atoms with Gasteiger partial charge in [0.05, 0.1) is 6.10 Å². The van der Waals surface area contributed by atoms with E-state index in [-0.39, 0.29) is 0 Å². The van der Waals surface area contributed by atoms with Crippen LogP contribution in [-0.2, 0) is 4.74 Å². The number of fused-ring (bicyclic) bond motifs is 1. The molecule has 2 aliphatic heterocycles. The third kappa shape index (κ3) is 2.70. The van der Waals surface area contributed by atoms with Gasteiger partial charge in [-0.15, -0.1) is 0 Å². The van der Waals surface area contributed by atoms with Crippen molar-refractivity contribution in [1.29, 1.82) is 0 Å². The van der Waals surface area contributed by atoms with Crippen LogP contribution in [0.4, 0.5) is 0 Å². The molecule has 3 rings (SSSR count). The maximum absolute atomic E-state index is 5.58. The van der Waals surface area contributed by atoms with Crippen molar-refractivity contribution in [2.45, 2.75) is 70.2 Å². The van der Waals surface area contributed by atoms with E-state index in [1.165, 1.54) is 51.7 Å². The highest BCUT2D eigenvalue weighted by atomic mass is 16.5. The minimum absolute atomic E-state index is 0.513. The Hall–Kier alpha value is -0.120. The normalized spacial score (nSPS) is 41.1. The minimum atomic E-state index is 0.513. The molecule has 2 heterocycles. The number of hydrogen-bond donors (Lipinski definition) is 0. The molecule has 3 fully saturated rings. The Morgan fingerprint density at radius 1 is 1.05 bits per heavy atom. The number of methoxy groups -OCH3 is 1. The Morgan fingerprint density at radius 2 is 1.89 bits per heavy atom. The van der Waals surface area contributed by atoms with Crippen molar-refractivity contribution < 1.29 is 4.74 Å². The average Bonchev–Trinajstić information content (AvgIpc) is 3.05. The van der Waals surface area contributed by atoms with Crippen molar-refractivity contribution in [2.24, 2.45) is 5.92 Å². The highest BCUT2D eigenvalue weighted by Gasteiger charge is 2.42. The fourth-order valence-corrected chi connectivity index (χ4v) is 4.51. The zero-order chi connectivity index (χ0) is 13.4. The molecule has 1 saturated carbocycles. The summed E-state index contributed by atoms with van der Waals surface area (Å²) in [6, 6.07) is 2.38. The topological polar surface area (TPSA) is 15.7 Å². The predicted molar refractivity (Wildman–Crippen MR) is 78.4 cm³/mol. The first-order valence-electron chi connectivity index (χ1n) is 8.21. The van der Waals surface area contributed by atoms with Gasteiger partial charge in [-0.2, -0.15) is 0 Å². The van der Waals surface area contributed by atoms with Gasteiger partial charge in [0.2, 0.25) is 0 Å². The molecule has 0 aromatic heterocycles. The monoisotopic (exact) mass is 266 g/mol. The van der Waals surface area contributed by atoms with E-state index in [1.807, 2.05) is 7.11 Å². The van der Waals surface area contributed by atoms with E-state index in [1.54, 1.807) is 0 Å². The lowest BCUT2D eigenvalue weighted by atomic mass is 9.95. The summed E-state index contributed by atoms with van der Waals surface area (Å²) in [6.45, 7) is 8.75. The number of hydrogen-bond acceptors (Lipinski definition) is 3. The Morgan fingerprint density at radius 3 is 2.58 bits per heavy atom. The van der Waals surface area contributed by atoms with Crippen molar-refractivity contribution in [3.8, 4) is 0 Å². The van der Waals surface area contributed by atoms with E-state index in [0.29, 0.717) is 6.10 Å². The minimum Gasteiger partial charge on any atom is -0.381 e. The molecule has 2 saturated heterocycles. The zero-order valence-corrected chi connectivity index (χ0v) is 12.8. The van der Waals surface area contributed by atoms with Crippen LogP contribution in [0.5, 0.6) is 0 Å². The maximum Gasteiger partial charge on any atom is 0.0586 e. The van der Waals surface area contributed by atoms with Crippen LogP contribution in [0.2, 0.25) is 0 Å². The smallest absolute Gasteiger partial charge is 0.0586 e. The van der Waals surface area contributed by atoms with Crippen LogP contribution in [0.25, 0.3) is 0 Å². The van der Waals surface area contributed by atoms with E-state index >= 15 is 0 Å². The number of piperazine rings is 1. The standard InChI is InChI=1S/C16H30N2O/c1-12(2)16-11-17-8-4-5-14(17)10-18(16)13-6-7-15(9-13)19-3/h12-16H,4-11H2,1-3H3. The summed E-state index contributed by atoms with van der Waals surface area (Å²) in [6.07, 6.45) is 7.20. The largest absolute Gasteiger partial charge is 0.381 e. The van der Waals surface area contributed by atoms with E-state index < -0.39 is 0 Å². The van der Waals surface area contributed by atoms with Gasteiger partial charge in [0.1, 0.15) is 0 Å². The van der Waals surface area contributed by atoms with Crippen LogP contribution in [-0.4, -0.2) is 60.8 Å². The molecule has 110 valence electrons. The van der Waals surface area contributed by atoms with Crippen molar-refractivity contribution in [2.75, 3.05) is 26.7 Å². The molecule has 0 bridgehead atoms. The summed E-state index contributed by atoms with van der Waals surface area (Å²) in [4.78, 5) is 5.61. The summed E-state index contributed by atoms with van der Waals surface area (Å²) >= 11 is 0. The molecule has 3 heteroatoms. The van der Waals surface area contributed by atoms with Gasteiger partial charge >= 0.3 is 0 Å². The second kappa shape index (κ2) is 5.71. The van der Waals surface area contributed by atoms with Gasteiger partial charge < -0.3 is 4.74 Å². The summed E-state index contributed by atoms with van der Waals surface area (Å²) < 4.78 is 5.58. The molecule has 0 N–H and O–H groups in total. The van der Waals surface area contributed by atoms with Crippen molar-refractivity contribution >= 4 is 0 Å². The van der Waals surface area contributed by atoms with Crippen molar-refractivity contribution in [3.63, 3.8) is 0 Å². The Labute approximate surface area is 118 Å². The number of nitrogens with zero attached hydrogens (tertiary/aromatic N) is 2. The molecule has 4 unspecified atom stereocenters. The van der Waals surface area contributed by atoms with Gasteiger partial charge in [0, 0.05) is 38.3 Å². The lowest BCUT2D eigenvalue weighted by Crippen LogP contribution is -2.60. The van der Waals surface area contributed by atoms with E-state index in [2.05, 4.69) is 23.6 Å². The first-order valence-corrected chi connectivity index (χ1v) is 8.21. The molecular formula is C16H30N2O. The molecule has 1 aliphatic carbocycles. The highest BCUT2D eigenvalue weighted by Crippen LogP contribution is 2.34. The van der Waals surface area contributed by atoms with E-state index in [9.17, 15) is 0 Å². The molecular weight excluding hydrogens is 236 g/mol. The van der Waals surface area contributed by atoms with Gasteiger partial charge in [0.15, 0.2) is 0 Å². The quantitative estimate of drug-likeness (QED) is 0.780. The highest BCUT2D eigenvalue weighted by molar-refractivity contribution is 4.97. The third-order valence-corrected chi connectivity index (χ3v) is 5.70. The second-order valence-electron chi connectivity index (χ2n) is 7.12. The van der Waals surface area contributed by atoms with Crippen molar-refractivity contribution in [3.05, 3.63) is 0 Å². The summed E-state index contributed by atoms with van der Waals surface area (Å²) in [5.41, 5.74) is 0. The SMILES string of the molecule is COC1CCC(N2CC3CCCN3CC2C(C)C)C1. The molecule has 0 radical (unpaired) electrons. The molecule has 3 nitrogen and oxygen atoms in total. The lowest BCUT2D eigenvalue weighted by molar-refractivity contribution is -0.00337. The Kier molecular flexibility index (Phi) is 4.16. The van der Waals surface area contributed by atoms with Crippen LogP contribution in [0.15, 0.2) is 0 Å². The fraction of sp³-hybridized carbons (Fsp3) is 1.00. The number of ether oxygens (including phenoxy) is 1. The second-order valence-corrected chi connectivity index (χ2v) is 7.12. The Bertz CT molecular complexity index is 307. The van der Waals surface area contributed by atoms with Gasteiger partial charge in [-0.25, -0.2) is 0 Å². The lowest BCUT2D eigenvalue weighted by Gasteiger charge is -2.48. The fourth-order valence-electron chi connectivity index (χ4n) is 4.51. The molecule has 0 spiro atoms. The molecule has 0 aromatic rings. The van der Waals surface area contributed by atoms with Crippen LogP contribution >= 0.6 is 0 Å². The van der Waals surface area contributed by atoms with Crippen LogP contribution in [0, 0.1) is 5.92 Å². The van der Waals surface area contributed by atoms with Crippen LogP contribution in [0.3, 0.4) is 0 Å². The first kappa shape index (κ1) is 13.8. The molecule has 0 amide bonds.